The normalized spacial score (nSPS) is 33.3. The summed E-state index contributed by atoms with van der Waals surface area (Å²) in [5.74, 6) is -3.50. The van der Waals surface area contributed by atoms with Crippen LogP contribution in [0.4, 0.5) is 4.39 Å². The van der Waals surface area contributed by atoms with Crippen molar-refractivity contribution in [2.45, 2.75) is 11.8 Å². The molecule has 0 bridgehead atoms. The standard InChI is InChI=1S/C15H12ClFN4O2/c1-22-15(23-2)14(7-19)11(13(14,6-18)12(20)21-15)10-8(16)4-3-5-9(10)17/h3-5,11H,1-2H3,(H2,20,21)/t11-,13-,14-/m0/s1. The summed E-state index contributed by atoms with van der Waals surface area (Å²) in [7, 11) is 2.57. The smallest absolute Gasteiger partial charge is 0.292 e. The molecule has 0 spiro atoms. The summed E-state index contributed by atoms with van der Waals surface area (Å²) in [6, 6.07) is 8.19. The SMILES string of the molecule is COC1(OC)N=C(N)[C@]2(C#N)[C@H](c3c(F)cccc3Cl)[C@]12C#N. The molecular formula is C15H12ClFN4O2. The van der Waals surface area contributed by atoms with Crippen LogP contribution in [0.3, 0.4) is 0 Å². The zero-order valence-corrected chi connectivity index (χ0v) is 13.1. The minimum Gasteiger partial charge on any atom is -0.386 e. The van der Waals surface area contributed by atoms with Crippen molar-refractivity contribution in [3.05, 3.63) is 34.6 Å². The molecular weight excluding hydrogens is 323 g/mol. The lowest BCUT2D eigenvalue weighted by atomic mass is 9.93. The quantitative estimate of drug-likeness (QED) is 0.850. The maximum absolute atomic E-state index is 14.4. The maximum atomic E-state index is 14.4. The van der Waals surface area contributed by atoms with Gasteiger partial charge in [0.25, 0.3) is 5.91 Å². The molecule has 0 aromatic heterocycles. The van der Waals surface area contributed by atoms with Crippen LogP contribution < -0.4 is 5.73 Å². The van der Waals surface area contributed by atoms with E-state index in [0.717, 1.165) is 0 Å². The number of nitrogens with two attached hydrogens (primary N) is 1. The predicted octanol–water partition coefficient (Wildman–Crippen LogP) is 1.91. The van der Waals surface area contributed by atoms with Crippen LogP contribution in [0.1, 0.15) is 11.5 Å². The summed E-state index contributed by atoms with van der Waals surface area (Å²) in [5, 5.41) is 19.7. The van der Waals surface area contributed by atoms with Gasteiger partial charge in [-0.1, -0.05) is 17.7 Å². The number of benzene rings is 1. The van der Waals surface area contributed by atoms with Crippen LogP contribution >= 0.6 is 11.6 Å². The topological polar surface area (TPSA) is 104 Å². The van der Waals surface area contributed by atoms with Gasteiger partial charge in [-0.25, -0.2) is 9.38 Å². The summed E-state index contributed by atoms with van der Waals surface area (Å²) in [6.45, 7) is 0. The Labute approximate surface area is 136 Å². The molecule has 1 aliphatic heterocycles. The van der Waals surface area contributed by atoms with Crippen LogP contribution in [0.5, 0.6) is 0 Å². The Morgan fingerprint density at radius 2 is 1.96 bits per heavy atom. The molecule has 1 aromatic rings. The summed E-state index contributed by atoms with van der Waals surface area (Å²) >= 11 is 6.12. The molecule has 0 amide bonds. The number of halogens is 2. The first-order valence-electron chi connectivity index (χ1n) is 6.65. The molecule has 1 heterocycles. The molecule has 0 unspecified atom stereocenters. The number of hydrogen-bond acceptors (Lipinski definition) is 6. The first-order chi connectivity index (χ1) is 10.9. The van der Waals surface area contributed by atoms with Crippen LogP contribution in [-0.4, -0.2) is 26.0 Å². The third-order valence-corrected chi connectivity index (χ3v) is 5.10. The second-order valence-electron chi connectivity index (χ2n) is 5.40. The van der Waals surface area contributed by atoms with Gasteiger partial charge in [-0.3, -0.25) is 0 Å². The van der Waals surface area contributed by atoms with Gasteiger partial charge in [-0.05, 0) is 12.1 Å². The van der Waals surface area contributed by atoms with Crippen LogP contribution in [0.15, 0.2) is 23.2 Å². The molecule has 1 aromatic carbocycles. The van der Waals surface area contributed by atoms with E-state index in [0.29, 0.717) is 0 Å². The van der Waals surface area contributed by atoms with Crippen molar-refractivity contribution >= 4 is 17.4 Å². The molecule has 3 atom stereocenters. The van der Waals surface area contributed by atoms with Crippen molar-refractivity contribution in [1.82, 2.24) is 0 Å². The van der Waals surface area contributed by atoms with Gasteiger partial charge < -0.3 is 15.2 Å². The fourth-order valence-corrected chi connectivity index (χ4v) is 4.01. The predicted molar refractivity (Wildman–Crippen MR) is 78.6 cm³/mol. The zero-order valence-electron chi connectivity index (χ0n) is 12.3. The summed E-state index contributed by atoms with van der Waals surface area (Å²) < 4.78 is 25.0. The Kier molecular flexibility index (Phi) is 3.18. The Balaban J connectivity index is 2.33. The number of hydrogen-bond donors (Lipinski definition) is 1. The van der Waals surface area contributed by atoms with Crippen molar-refractivity contribution in [1.29, 1.82) is 10.5 Å². The molecule has 2 N–H and O–H groups in total. The third-order valence-electron chi connectivity index (χ3n) is 4.77. The number of nitrogens with zero attached hydrogens (tertiary/aromatic N) is 3. The first-order valence-corrected chi connectivity index (χ1v) is 7.02. The van der Waals surface area contributed by atoms with Crippen LogP contribution in [-0.2, 0) is 9.47 Å². The molecule has 8 heteroatoms. The first kappa shape index (κ1) is 15.7. The minimum atomic E-state index is -1.79. The van der Waals surface area contributed by atoms with Crippen LogP contribution in [0.25, 0.3) is 0 Å². The lowest BCUT2D eigenvalue weighted by molar-refractivity contribution is -0.230. The van der Waals surface area contributed by atoms with E-state index in [1.54, 1.807) is 0 Å². The number of ether oxygens (including phenoxy) is 2. The van der Waals surface area contributed by atoms with Gasteiger partial charge in [0.1, 0.15) is 17.1 Å². The molecule has 0 saturated heterocycles. The minimum absolute atomic E-state index is 0.0357. The molecule has 1 saturated carbocycles. The molecule has 0 radical (unpaired) electrons. The molecule has 1 aliphatic carbocycles. The Bertz CT molecular complexity index is 790. The molecule has 3 rings (SSSR count). The Hall–Kier alpha value is -2.19. The second kappa shape index (κ2) is 4.65. The van der Waals surface area contributed by atoms with Crippen LogP contribution in [0.2, 0.25) is 5.02 Å². The van der Waals surface area contributed by atoms with E-state index in [2.05, 4.69) is 4.99 Å². The highest BCUT2D eigenvalue weighted by Gasteiger charge is 2.94. The Morgan fingerprint density at radius 3 is 2.43 bits per heavy atom. The summed E-state index contributed by atoms with van der Waals surface area (Å²) in [6.07, 6.45) is 0. The van der Waals surface area contributed by atoms with Gasteiger partial charge in [0, 0.05) is 30.7 Å². The molecule has 23 heavy (non-hydrogen) atoms. The van der Waals surface area contributed by atoms with E-state index in [1.807, 2.05) is 12.1 Å². The highest BCUT2D eigenvalue weighted by molar-refractivity contribution is 6.31. The summed E-state index contributed by atoms with van der Waals surface area (Å²) in [4.78, 5) is 4.05. The highest BCUT2D eigenvalue weighted by Crippen LogP contribution is 2.82. The molecule has 2 aliphatic rings. The average molecular weight is 335 g/mol. The number of methoxy groups -OCH3 is 2. The van der Waals surface area contributed by atoms with Gasteiger partial charge in [0.05, 0.1) is 12.1 Å². The van der Waals surface area contributed by atoms with E-state index >= 15 is 0 Å². The van der Waals surface area contributed by atoms with Crippen molar-refractivity contribution in [3.8, 4) is 12.1 Å². The monoisotopic (exact) mass is 334 g/mol. The summed E-state index contributed by atoms with van der Waals surface area (Å²) in [5.41, 5.74) is 2.79. The van der Waals surface area contributed by atoms with E-state index in [9.17, 15) is 14.9 Å². The molecule has 1 fully saturated rings. The number of aliphatic imine (C=N–C) groups is 1. The highest BCUT2D eigenvalue weighted by atomic mass is 35.5. The fraction of sp³-hybridized carbons (Fsp3) is 0.400. The fourth-order valence-electron chi connectivity index (χ4n) is 3.74. The Morgan fingerprint density at radius 1 is 1.30 bits per heavy atom. The third kappa shape index (κ3) is 1.41. The van der Waals surface area contributed by atoms with E-state index < -0.39 is 28.5 Å². The van der Waals surface area contributed by atoms with Gasteiger partial charge in [0.15, 0.2) is 5.41 Å². The number of fused-ring (bicyclic) bond motifs is 1. The lowest BCUT2D eigenvalue weighted by Gasteiger charge is -2.29. The largest absolute Gasteiger partial charge is 0.386 e. The van der Waals surface area contributed by atoms with E-state index in [1.165, 1.54) is 32.4 Å². The molecule has 6 nitrogen and oxygen atoms in total. The van der Waals surface area contributed by atoms with E-state index in [-0.39, 0.29) is 16.4 Å². The lowest BCUT2D eigenvalue weighted by Crippen LogP contribution is -2.41. The average Bonchev–Trinajstić information content (AvgIpc) is 3.09. The van der Waals surface area contributed by atoms with Crippen molar-refractivity contribution in [3.63, 3.8) is 0 Å². The van der Waals surface area contributed by atoms with Crippen LogP contribution in [0, 0.1) is 39.3 Å². The van der Waals surface area contributed by atoms with Gasteiger partial charge >= 0.3 is 0 Å². The number of rotatable bonds is 3. The van der Waals surface area contributed by atoms with Crippen molar-refractivity contribution in [2.24, 2.45) is 21.6 Å². The number of amidine groups is 1. The molecule has 118 valence electrons. The van der Waals surface area contributed by atoms with Gasteiger partial charge in [0.2, 0.25) is 0 Å². The van der Waals surface area contributed by atoms with Crippen molar-refractivity contribution in [2.75, 3.05) is 14.2 Å². The van der Waals surface area contributed by atoms with Crippen molar-refractivity contribution < 1.29 is 13.9 Å². The zero-order chi connectivity index (χ0) is 17.0. The second-order valence-corrected chi connectivity index (χ2v) is 5.80. The number of nitriles is 2. The van der Waals surface area contributed by atoms with Gasteiger partial charge in [-0.2, -0.15) is 10.5 Å². The van der Waals surface area contributed by atoms with Gasteiger partial charge in [-0.15, -0.1) is 0 Å². The maximum Gasteiger partial charge on any atom is 0.292 e. The van der Waals surface area contributed by atoms with E-state index in [4.69, 9.17) is 26.8 Å².